The highest BCUT2D eigenvalue weighted by Crippen LogP contribution is 2.18. The van der Waals surface area contributed by atoms with Crippen LogP contribution in [0.25, 0.3) is 0 Å². The second-order valence-corrected chi connectivity index (χ2v) is 6.43. The van der Waals surface area contributed by atoms with Crippen molar-refractivity contribution in [2.24, 2.45) is 11.7 Å². The number of hydrogen-bond acceptors (Lipinski definition) is 3. The van der Waals surface area contributed by atoms with Crippen molar-refractivity contribution in [3.63, 3.8) is 0 Å². The first kappa shape index (κ1) is 17.2. The topological polar surface area (TPSA) is 55.6 Å². The van der Waals surface area contributed by atoms with E-state index in [1.165, 1.54) is 0 Å². The smallest absolute Gasteiger partial charge is 0.410 e. The van der Waals surface area contributed by atoms with Gasteiger partial charge in [0.25, 0.3) is 0 Å². The normalized spacial score (nSPS) is 13.3. The van der Waals surface area contributed by atoms with E-state index in [2.05, 4.69) is 13.8 Å². The number of nitrogens with zero attached hydrogens (tertiary/aromatic N) is 1. The van der Waals surface area contributed by atoms with Gasteiger partial charge in [-0.05, 0) is 39.5 Å². The van der Waals surface area contributed by atoms with Crippen molar-refractivity contribution < 1.29 is 9.53 Å². The van der Waals surface area contributed by atoms with Gasteiger partial charge in [0.05, 0.1) is 4.99 Å². The number of nitrogens with two attached hydrogens (primary N) is 1. The molecule has 5 heteroatoms. The van der Waals surface area contributed by atoms with Gasteiger partial charge in [0.1, 0.15) is 5.60 Å². The molecule has 0 aromatic rings. The van der Waals surface area contributed by atoms with E-state index in [0.717, 1.165) is 6.42 Å². The van der Waals surface area contributed by atoms with Crippen molar-refractivity contribution in [1.29, 1.82) is 0 Å². The van der Waals surface area contributed by atoms with E-state index in [-0.39, 0.29) is 12.1 Å². The molecule has 0 bridgehead atoms. The zero-order valence-corrected chi connectivity index (χ0v) is 13.1. The summed E-state index contributed by atoms with van der Waals surface area (Å²) >= 11 is 4.88. The Labute approximate surface area is 116 Å². The van der Waals surface area contributed by atoms with E-state index in [4.69, 9.17) is 22.7 Å². The third-order valence-corrected chi connectivity index (χ3v) is 2.84. The van der Waals surface area contributed by atoms with E-state index in [0.29, 0.717) is 17.3 Å². The van der Waals surface area contributed by atoms with Gasteiger partial charge in [-0.1, -0.05) is 26.1 Å². The quantitative estimate of drug-likeness (QED) is 0.783. The molecule has 0 saturated heterocycles. The molecule has 0 aliphatic rings. The lowest BCUT2D eigenvalue weighted by molar-refractivity contribution is 0.0172. The predicted molar refractivity (Wildman–Crippen MR) is 78.6 cm³/mol. The Morgan fingerprint density at radius 2 is 1.89 bits per heavy atom. The third-order valence-electron chi connectivity index (χ3n) is 2.63. The summed E-state index contributed by atoms with van der Waals surface area (Å²) in [5.74, 6) is 0.330. The van der Waals surface area contributed by atoms with Gasteiger partial charge >= 0.3 is 6.09 Å². The van der Waals surface area contributed by atoms with Gasteiger partial charge in [-0.3, -0.25) is 0 Å². The fraction of sp³-hybridized carbons (Fsp3) is 0.846. The van der Waals surface area contributed by atoms with Crippen LogP contribution in [-0.2, 0) is 4.74 Å². The molecule has 1 atom stereocenters. The van der Waals surface area contributed by atoms with Crippen LogP contribution in [0.15, 0.2) is 0 Å². The summed E-state index contributed by atoms with van der Waals surface area (Å²) in [5.41, 5.74) is 5.04. The molecule has 106 valence electrons. The van der Waals surface area contributed by atoms with E-state index in [1.807, 2.05) is 20.8 Å². The molecule has 0 heterocycles. The number of carbonyl (C=O) groups excluding carboxylic acids is 1. The van der Waals surface area contributed by atoms with Crippen LogP contribution in [0.5, 0.6) is 0 Å². The number of rotatable bonds is 5. The molecule has 1 amide bonds. The molecule has 0 rings (SSSR count). The van der Waals surface area contributed by atoms with Gasteiger partial charge in [0.15, 0.2) is 0 Å². The summed E-state index contributed by atoms with van der Waals surface area (Å²) in [4.78, 5) is 14.1. The molecule has 18 heavy (non-hydrogen) atoms. The minimum Gasteiger partial charge on any atom is -0.444 e. The molecule has 2 N–H and O–H groups in total. The Hall–Kier alpha value is -0.840. The Morgan fingerprint density at radius 1 is 1.39 bits per heavy atom. The Kier molecular flexibility index (Phi) is 6.60. The maximum atomic E-state index is 12.0. The van der Waals surface area contributed by atoms with Crippen LogP contribution in [0.1, 0.15) is 47.5 Å². The number of ether oxygens (including phenoxy) is 1. The van der Waals surface area contributed by atoms with Crippen molar-refractivity contribution in [3.05, 3.63) is 0 Å². The average Bonchev–Trinajstić information content (AvgIpc) is 2.13. The molecule has 0 aromatic carbocycles. The van der Waals surface area contributed by atoms with Crippen LogP contribution < -0.4 is 5.73 Å². The Morgan fingerprint density at radius 3 is 2.22 bits per heavy atom. The lowest BCUT2D eigenvalue weighted by atomic mass is 9.98. The number of amides is 1. The van der Waals surface area contributed by atoms with Crippen LogP contribution in [0.2, 0.25) is 0 Å². The minimum absolute atomic E-state index is 0.0846. The first-order chi connectivity index (χ1) is 8.04. The summed E-state index contributed by atoms with van der Waals surface area (Å²) in [5, 5.41) is 0. The lowest BCUT2D eigenvalue weighted by Gasteiger charge is -2.33. The van der Waals surface area contributed by atoms with E-state index >= 15 is 0 Å². The van der Waals surface area contributed by atoms with Crippen molar-refractivity contribution in [3.8, 4) is 0 Å². The minimum atomic E-state index is -0.476. The number of hydrogen-bond donors (Lipinski definition) is 1. The zero-order valence-electron chi connectivity index (χ0n) is 12.3. The predicted octanol–water partition coefficient (Wildman–Crippen LogP) is 2.94. The Balaban J connectivity index is 4.60. The molecule has 0 unspecified atom stereocenters. The van der Waals surface area contributed by atoms with Gasteiger partial charge in [0, 0.05) is 13.1 Å². The second-order valence-electron chi connectivity index (χ2n) is 5.91. The van der Waals surface area contributed by atoms with Crippen LogP contribution >= 0.6 is 12.2 Å². The third kappa shape index (κ3) is 6.79. The highest BCUT2D eigenvalue weighted by atomic mass is 32.1. The summed E-state index contributed by atoms with van der Waals surface area (Å²) in [6, 6.07) is 0.0846. The first-order valence-corrected chi connectivity index (χ1v) is 6.69. The summed E-state index contributed by atoms with van der Waals surface area (Å²) in [7, 11) is 1.76. The fourth-order valence-corrected chi connectivity index (χ4v) is 1.85. The summed E-state index contributed by atoms with van der Waals surface area (Å²) < 4.78 is 5.36. The zero-order chi connectivity index (χ0) is 14.5. The van der Waals surface area contributed by atoms with E-state index in [1.54, 1.807) is 11.9 Å². The van der Waals surface area contributed by atoms with Crippen molar-refractivity contribution >= 4 is 23.3 Å². The molecular weight excluding hydrogens is 248 g/mol. The lowest BCUT2D eigenvalue weighted by Crippen LogP contribution is -2.43. The van der Waals surface area contributed by atoms with Crippen molar-refractivity contribution in [2.75, 3.05) is 7.05 Å². The molecule has 4 nitrogen and oxygen atoms in total. The standard InChI is InChI=1S/C13H26N2O2S/c1-9(2)10(7-8-11(14)18)15(6)12(16)17-13(3,4)5/h9-10H,7-8H2,1-6H3,(H2,14,18)/t10-/m1/s1. The monoisotopic (exact) mass is 274 g/mol. The van der Waals surface area contributed by atoms with Gasteiger partial charge < -0.3 is 15.4 Å². The summed E-state index contributed by atoms with van der Waals surface area (Å²) in [6.07, 6.45) is 1.11. The van der Waals surface area contributed by atoms with Crippen LogP contribution in [-0.4, -0.2) is 34.7 Å². The highest BCUT2D eigenvalue weighted by molar-refractivity contribution is 7.80. The molecule has 0 fully saturated rings. The van der Waals surface area contributed by atoms with Crippen LogP contribution in [0.3, 0.4) is 0 Å². The fourth-order valence-electron chi connectivity index (χ4n) is 1.73. The average molecular weight is 274 g/mol. The van der Waals surface area contributed by atoms with Gasteiger partial charge in [-0.2, -0.15) is 0 Å². The molecule has 0 aromatic heterocycles. The Bertz CT molecular complexity index is 298. The van der Waals surface area contributed by atoms with Crippen molar-refractivity contribution in [2.45, 2.75) is 59.1 Å². The molecule has 0 spiro atoms. The molecule has 0 saturated carbocycles. The van der Waals surface area contributed by atoms with Crippen LogP contribution in [0, 0.1) is 5.92 Å². The van der Waals surface area contributed by atoms with Gasteiger partial charge in [-0.15, -0.1) is 0 Å². The van der Waals surface area contributed by atoms with E-state index in [9.17, 15) is 4.79 Å². The maximum absolute atomic E-state index is 12.0. The largest absolute Gasteiger partial charge is 0.444 e. The molecule has 0 aliphatic heterocycles. The van der Waals surface area contributed by atoms with Crippen LogP contribution in [0.4, 0.5) is 4.79 Å². The van der Waals surface area contributed by atoms with Crippen molar-refractivity contribution in [1.82, 2.24) is 4.90 Å². The summed E-state index contributed by atoms with van der Waals surface area (Å²) in [6.45, 7) is 9.73. The second kappa shape index (κ2) is 6.92. The molecular formula is C13H26N2O2S. The van der Waals surface area contributed by atoms with E-state index < -0.39 is 5.60 Å². The number of carbonyl (C=O) groups is 1. The molecule has 0 radical (unpaired) electrons. The van der Waals surface area contributed by atoms with Gasteiger partial charge in [-0.25, -0.2) is 4.79 Å². The molecule has 0 aliphatic carbocycles. The first-order valence-electron chi connectivity index (χ1n) is 6.28. The number of thiocarbonyl (C=S) groups is 1. The maximum Gasteiger partial charge on any atom is 0.410 e. The SMILES string of the molecule is CC(C)[C@@H](CCC(N)=S)N(C)C(=O)OC(C)(C)C. The highest BCUT2D eigenvalue weighted by Gasteiger charge is 2.27. The van der Waals surface area contributed by atoms with Gasteiger partial charge in [0.2, 0.25) is 0 Å².